The minimum atomic E-state index is -0.471. The van der Waals surface area contributed by atoms with Crippen LogP contribution in [-0.4, -0.2) is 29.9 Å². The number of nitrogens with zero attached hydrogens (tertiary/aromatic N) is 1. The van der Waals surface area contributed by atoms with E-state index in [0.29, 0.717) is 30.5 Å². The molecule has 128 valence electrons. The van der Waals surface area contributed by atoms with Gasteiger partial charge >= 0.3 is 0 Å². The minimum Gasteiger partial charge on any atom is -0.340 e. The fraction of sp³-hybridized carbons (Fsp3) is 0.421. The molecule has 1 heterocycles. The van der Waals surface area contributed by atoms with Crippen molar-refractivity contribution in [2.75, 3.05) is 6.54 Å². The fourth-order valence-electron chi connectivity index (χ4n) is 3.69. The summed E-state index contributed by atoms with van der Waals surface area (Å²) >= 11 is 0. The van der Waals surface area contributed by atoms with Crippen molar-refractivity contribution >= 4 is 6.41 Å². The molecular weight excluding hydrogens is 310 g/mol. The van der Waals surface area contributed by atoms with Crippen LogP contribution in [0.3, 0.4) is 0 Å². The third-order valence-electron chi connectivity index (χ3n) is 4.98. The smallest absolute Gasteiger partial charge is 0.210 e. The molecule has 3 nitrogen and oxygen atoms in total. The van der Waals surface area contributed by atoms with Gasteiger partial charge in [-0.05, 0) is 55.0 Å². The second kappa shape index (κ2) is 6.85. The van der Waals surface area contributed by atoms with E-state index in [0.717, 1.165) is 18.4 Å². The van der Waals surface area contributed by atoms with Crippen molar-refractivity contribution in [1.29, 1.82) is 0 Å². The van der Waals surface area contributed by atoms with Crippen molar-refractivity contribution in [1.82, 2.24) is 4.90 Å². The Bertz CT molecular complexity index is 678. The van der Waals surface area contributed by atoms with E-state index >= 15 is 4.39 Å². The lowest BCUT2D eigenvalue weighted by molar-refractivity contribution is -0.118. The summed E-state index contributed by atoms with van der Waals surface area (Å²) in [5.74, 6) is -1.06. The van der Waals surface area contributed by atoms with Crippen LogP contribution in [0.1, 0.15) is 36.3 Å². The Morgan fingerprint density at radius 1 is 1.33 bits per heavy atom. The Balaban J connectivity index is 1.87. The van der Waals surface area contributed by atoms with Gasteiger partial charge in [-0.25, -0.2) is 8.78 Å². The van der Waals surface area contributed by atoms with Crippen LogP contribution in [0.25, 0.3) is 0 Å². The second-order valence-electron chi connectivity index (χ2n) is 6.69. The highest BCUT2D eigenvalue weighted by Crippen LogP contribution is 2.38. The van der Waals surface area contributed by atoms with Crippen LogP contribution in [0.2, 0.25) is 0 Å². The number of hydrogen-bond acceptors (Lipinski definition) is 2. The normalized spacial score (nSPS) is 27.0. The number of carbonyl (C=O) groups excluding carboxylic acids is 1. The van der Waals surface area contributed by atoms with Crippen LogP contribution in [0.15, 0.2) is 41.8 Å². The maximum Gasteiger partial charge on any atom is 0.210 e. The minimum absolute atomic E-state index is 0.138. The number of amides is 1. The maximum atomic E-state index is 15.0. The summed E-state index contributed by atoms with van der Waals surface area (Å²) in [6.45, 7) is 2.41. The summed E-state index contributed by atoms with van der Waals surface area (Å²) in [5.41, 5.74) is 8.06. The number of halogens is 2. The van der Waals surface area contributed by atoms with Crippen molar-refractivity contribution in [2.24, 2.45) is 5.73 Å². The first-order chi connectivity index (χ1) is 11.5. The molecule has 24 heavy (non-hydrogen) atoms. The van der Waals surface area contributed by atoms with Crippen molar-refractivity contribution in [3.05, 3.63) is 58.7 Å². The molecule has 3 rings (SSSR count). The Hall–Kier alpha value is -2.01. The predicted octanol–water partition coefficient (Wildman–Crippen LogP) is 3.35. The second-order valence-corrected chi connectivity index (χ2v) is 6.69. The zero-order chi connectivity index (χ0) is 17.3. The van der Waals surface area contributed by atoms with Gasteiger partial charge in [0.2, 0.25) is 6.41 Å². The number of nitrogens with two attached hydrogens (primary N) is 1. The highest BCUT2D eigenvalue weighted by atomic mass is 19.1. The quantitative estimate of drug-likeness (QED) is 0.860. The van der Waals surface area contributed by atoms with Crippen molar-refractivity contribution in [3.8, 4) is 0 Å². The van der Waals surface area contributed by atoms with E-state index in [1.807, 2.05) is 12.1 Å². The van der Waals surface area contributed by atoms with Crippen molar-refractivity contribution in [3.63, 3.8) is 0 Å². The van der Waals surface area contributed by atoms with Gasteiger partial charge in [-0.1, -0.05) is 18.2 Å². The number of rotatable bonds is 4. The van der Waals surface area contributed by atoms with Gasteiger partial charge in [-0.15, -0.1) is 0 Å². The molecule has 1 aromatic rings. The van der Waals surface area contributed by atoms with Gasteiger partial charge in [0.05, 0.1) is 6.04 Å². The number of benzene rings is 1. The molecule has 1 aliphatic heterocycles. The molecule has 1 fully saturated rings. The summed E-state index contributed by atoms with van der Waals surface area (Å²) in [6.07, 6.45) is 6.10. The zero-order valence-corrected chi connectivity index (χ0v) is 13.7. The summed E-state index contributed by atoms with van der Waals surface area (Å²) in [6, 6.07) is 4.34. The van der Waals surface area contributed by atoms with Crippen molar-refractivity contribution in [2.45, 2.75) is 44.2 Å². The lowest BCUT2D eigenvalue weighted by Crippen LogP contribution is -2.39. The van der Waals surface area contributed by atoms with Crippen molar-refractivity contribution < 1.29 is 13.6 Å². The monoisotopic (exact) mass is 332 g/mol. The van der Waals surface area contributed by atoms with Crippen LogP contribution in [-0.2, 0) is 4.79 Å². The molecule has 0 saturated carbocycles. The predicted molar refractivity (Wildman–Crippen MR) is 89.5 cm³/mol. The Kier molecular flexibility index (Phi) is 4.81. The molecule has 0 bridgehead atoms. The van der Waals surface area contributed by atoms with Crippen LogP contribution in [0.4, 0.5) is 8.78 Å². The lowest BCUT2D eigenvalue weighted by atomic mass is 9.85. The largest absolute Gasteiger partial charge is 0.340 e. The average Bonchev–Trinajstić information content (AvgIpc) is 2.88. The molecule has 0 aromatic heterocycles. The van der Waals surface area contributed by atoms with E-state index in [9.17, 15) is 9.18 Å². The summed E-state index contributed by atoms with van der Waals surface area (Å²) in [7, 11) is 0. The van der Waals surface area contributed by atoms with Gasteiger partial charge in [0.25, 0.3) is 0 Å². The molecule has 1 aromatic carbocycles. The number of likely N-dealkylation sites (tertiary alicyclic amines) is 1. The Morgan fingerprint density at radius 3 is 2.83 bits per heavy atom. The highest BCUT2D eigenvalue weighted by Gasteiger charge is 2.33. The Labute approximate surface area is 140 Å². The van der Waals surface area contributed by atoms with Crippen LogP contribution in [0.5, 0.6) is 0 Å². The summed E-state index contributed by atoms with van der Waals surface area (Å²) in [5, 5.41) is 0. The summed E-state index contributed by atoms with van der Waals surface area (Å²) < 4.78 is 28.7. The van der Waals surface area contributed by atoms with Crippen LogP contribution >= 0.6 is 0 Å². The first kappa shape index (κ1) is 16.8. The maximum absolute atomic E-state index is 15.0. The molecule has 1 aliphatic carbocycles. The van der Waals surface area contributed by atoms with Gasteiger partial charge in [0, 0.05) is 18.5 Å². The zero-order valence-electron chi connectivity index (χ0n) is 13.7. The van der Waals surface area contributed by atoms with Crippen LogP contribution in [0, 0.1) is 12.7 Å². The lowest BCUT2D eigenvalue weighted by Gasteiger charge is -2.26. The molecule has 3 atom stereocenters. The molecule has 2 N–H and O–H groups in total. The molecule has 1 saturated heterocycles. The van der Waals surface area contributed by atoms with E-state index in [-0.39, 0.29) is 23.7 Å². The highest BCUT2D eigenvalue weighted by molar-refractivity contribution is 5.49. The van der Waals surface area contributed by atoms with Crippen LogP contribution < -0.4 is 5.73 Å². The molecule has 3 unspecified atom stereocenters. The van der Waals surface area contributed by atoms with Gasteiger partial charge in [-0.3, -0.25) is 4.79 Å². The van der Waals surface area contributed by atoms with Gasteiger partial charge < -0.3 is 10.6 Å². The number of allylic oxidation sites excluding steroid dienone is 3. The van der Waals surface area contributed by atoms with Gasteiger partial charge in [-0.2, -0.15) is 0 Å². The van der Waals surface area contributed by atoms with E-state index in [1.165, 1.54) is 12.1 Å². The molecule has 0 radical (unpaired) electrons. The van der Waals surface area contributed by atoms with E-state index < -0.39 is 5.92 Å². The third-order valence-corrected chi connectivity index (χ3v) is 4.98. The van der Waals surface area contributed by atoms with E-state index in [1.54, 1.807) is 17.9 Å². The molecule has 5 heteroatoms. The number of carbonyl (C=O) groups is 1. The van der Waals surface area contributed by atoms with Gasteiger partial charge in [0.1, 0.15) is 11.6 Å². The first-order valence-corrected chi connectivity index (χ1v) is 8.28. The number of hydrogen-bond donors (Lipinski definition) is 1. The van der Waals surface area contributed by atoms with Gasteiger partial charge in [0.15, 0.2) is 0 Å². The molecule has 2 aliphatic rings. The number of aryl methyl sites for hydroxylation is 1. The topological polar surface area (TPSA) is 46.3 Å². The fourth-order valence-corrected chi connectivity index (χ4v) is 3.69. The molecule has 1 amide bonds. The Morgan fingerprint density at radius 2 is 2.12 bits per heavy atom. The van der Waals surface area contributed by atoms with E-state index in [2.05, 4.69) is 0 Å². The molecule has 0 spiro atoms. The standard InChI is InChI=1S/C19H22F2N2O/c1-12-7-14(9-15(20)8-12)16-4-2-3-13(19(16)21)10-18-17(22)5-6-23(18)11-24/h2-3,7-9,11,16-18H,4-6,10,22H2,1H3. The summed E-state index contributed by atoms with van der Waals surface area (Å²) in [4.78, 5) is 12.8. The first-order valence-electron chi connectivity index (χ1n) is 8.28. The van der Waals surface area contributed by atoms with E-state index in [4.69, 9.17) is 5.73 Å². The third kappa shape index (κ3) is 3.26. The molecular formula is C19H22F2N2O. The SMILES string of the molecule is Cc1cc(F)cc(C2CC=CC(CC3C(N)CCN3C=O)=C2F)c1. The average molecular weight is 332 g/mol.